The van der Waals surface area contributed by atoms with Gasteiger partial charge in [0.1, 0.15) is 22.2 Å². The second kappa shape index (κ2) is 7.03. The van der Waals surface area contributed by atoms with E-state index in [-0.39, 0.29) is 11.9 Å². The van der Waals surface area contributed by atoms with Gasteiger partial charge in [-0.2, -0.15) is 0 Å². The third-order valence-electron chi connectivity index (χ3n) is 4.39. The molecule has 1 atom stereocenters. The van der Waals surface area contributed by atoms with Gasteiger partial charge in [-0.3, -0.25) is 0 Å². The van der Waals surface area contributed by atoms with Gasteiger partial charge in [0.25, 0.3) is 0 Å². The molecule has 0 bridgehead atoms. The molecular weight excluding hydrogens is 361 g/mol. The number of ether oxygens (including phenoxy) is 2. The number of aromatic nitrogens is 5. The molecule has 8 heteroatoms. The molecule has 0 N–H and O–H groups in total. The molecule has 2 aromatic heterocycles. The van der Waals surface area contributed by atoms with Crippen molar-refractivity contribution < 1.29 is 13.9 Å². The Bertz CT molecular complexity index is 1170. The molecule has 2 heterocycles. The van der Waals surface area contributed by atoms with E-state index in [2.05, 4.69) is 20.2 Å². The third kappa shape index (κ3) is 3.21. The minimum absolute atomic E-state index is 0.142. The summed E-state index contributed by atoms with van der Waals surface area (Å²) in [7, 11) is 1.54. The third-order valence-corrected chi connectivity index (χ3v) is 4.39. The van der Waals surface area contributed by atoms with Gasteiger partial charge in [-0.15, -0.1) is 15.0 Å². The van der Waals surface area contributed by atoms with Gasteiger partial charge >= 0.3 is 0 Å². The van der Waals surface area contributed by atoms with E-state index in [0.717, 1.165) is 5.56 Å². The Hall–Kier alpha value is -3.29. The van der Waals surface area contributed by atoms with Crippen LogP contribution in [0.4, 0.5) is 4.39 Å². The van der Waals surface area contributed by atoms with Gasteiger partial charge in [0.2, 0.25) is 5.88 Å². The Morgan fingerprint density at radius 1 is 1.11 bits per heavy atom. The molecule has 0 spiro atoms. The molecule has 28 heavy (non-hydrogen) atoms. The van der Waals surface area contributed by atoms with Crippen molar-refractivity contribution in [3.63, 3.8) is 0 Å². The molecule has 0 aliphatic carbocycles. The maximum Gasteiger partial charge on any atom is 0.232 e. The molecule has 0 aliphatic rings. The van der Waals surface area contributed by atoms with E-state index >= 15 is 0 Å². The number of rotatable bonds is 5. The summed E-state index contributed by atoms with van der Waals surface area (Å²) in [6, 6.07) is 6.69. The second-order valence-corrected chi connectivity index (χ2v) is 6.48. The Kier molecular flexibility index (Phi) is 4.54. The molecule has 0 saturated carbocycles. The fourth-order valence-corrected chi connectivity index (χ4v) is 2.86. The van der Waals surface area contributed by atoms with Crippen molar-refractivity contribution in [3.8, 4) is 17.3 Å². The van der Waals surface area contributed by atoms with Crippen molar-refractivity contribution >= 4 is 22.1 Å². The summed E-state index contributed by atoms with van der Waals surface area (Å²) in [6.45, 7) is 5.64. The van der Waals surface area contributed by atoms with Crippen LogP contribution in [-0.2, 0) is 0 Å². The normalized spacial score (nSPS) is 12.5. The van der Waals surface area contributed by atoms with Crippen LogP contribution in [0.25, 0.3) is 27.8 Å². The number of fused-ring (bicyclic) bond motifs is 2. The minimum atomic E-state index is -0.480. The second-order valence-electron chi connectivity index (χ2n) is 6.48. The van der Waals surface area contributed by atoms with E-state index in [1.165, 1.54) is 10.9 Å². The SMILES string of the molecule is C[CH][C@H](C)Oc1cc2nn(-c3cc(C)cc4nc(OC)cnc34)nc2cc1F. The van der Waals surface area contributed by atoms with Gasteiger partial charge in [0.05, 0.1) is 24.9 Å². The Morgan fingerprint density at radius 3 is 2.57 bits per heavy atom. The van der Waals surface area contributed by atoms with E-state index in [0.29, 0.717) is 33.6 Å². The smallest absolute Gasteiger partial charge is 0.232 e. The van der Waals surface area contributed by atoms with Crippen molar-refractivity contribution in [3.05, 3.63) is 48.3 Å². The fourth-order valence-electron chi connectivity index (χ4n) is 2.86. The molecular formula is C20H19FN5O2. The van der Waals surface area contributed by atoms with Crippen LogP contribution in [0.3, 0.4) is 0 Å². The molecule has 0 amide bonds. The molecule has 0 fully saturated rings. The minimum Gasteiger partial charge on any atom is -0.487 e. The van der Waals surface area contributed by atoms with Crippen molar-refractivity contribution in [2.45, 2.75) is 26.9 Å². The predicted octanol–water partition coefficient (Wildman–Crippen LogP) is 3.81. The average Bonchev–Trinajstić information content (AvgIpc) is 3.09. The highest BCUT2D eigenvalue weighted by atomic mass is 19.1. The summed E-state index contributed by atoms with van der Waals surface area (Å²) in [4.78, 5) is 10.3. The molecule has 4 aromatic rings. The van der Waals surface area contributed by atoms with Crippen LogP contribution in [0.1, 0.15) is 19.4 Å². The van der Waals surface area contributed by atoms with Gasteiger partial charge in [0, 0.05) is 12.1 Å². The zero-order chi connectivity index (χ0) is 19.8. The number of hydrogen-bond acceptors (Lipinski definition) is 6. The fraction of sp³-hybridized carbons (Fsp3) is 0.250. The van der Waals surface area contributed by atoms with Gasteiger partial charge in [-0.1, -0.05) is 6.92 Å². The molecule has 143 valence electrons. The lowest BCUT2D eigenvalue weighted by Crippen LogP contribution is -2.11. The Morgan fingerprint density at radius 2 is 1.86 bits per heavy atom. The summed E-state index contributed by atoms with van der Waals surface area (Å²) in [5.41, 5.74) is 3.86. The van der Waals surface area contributed by atoms with Crippen LogP contribution in [0.5, 0.6) is 11.6 Å². The Labute approximate surface area is 161 Å². The van der Waals surface area contributed by atoms with Crippen molar-refractivity contribution in [2.24, 2.45) is 0 Å². The first-order valence-electron chi connectivity index (χ1n) is 8.83. The average molecular weight is 380 g/mol. The first kappa shape index (κ1) is 18.1. The molecule has 0 unspecified atom stereocenters. The molecule has 7 nitrogen and oxygen atoms in total. The lowest BCUT2D eigenvalue weighted by atomic mass is 10.2. The highest BCUT2D eigenvalue weighted by Gasteiger charge is 2.16. The van der Waals surface area contributed by atoms with Crippen LogP contribution in [0.15, 0.2) is 30.5 Å². The van der Waals surface area contributed by atoms with Crippen LogP contribution >= 0.6 is 0 Å². The Balaban J connectivity index is 1.85. The monoisotopic (exact) mass is 380 g/mol. The van der Waals surface area contributed by atoms with E-state index < -0.39 is 5.82 Å². The number of hydrogen-bond donors (Lipinski definition) is 0. The predicted molar refractivity (Wildman–Crippen MR) is 103 cm³/mol. The van der Waals surface area contributed by atoms with E-state index in [1.54, 1.807) is 19.4 Å². The molecule has 2 aromatic carbocycles. The van der Waals surface area contributed by atoms with Crippen molar-refractivity contribution in [1.29, 1.82) is 0 Å². The lowest BCUT2D eigenvalue weighted by molar-refractivity contribution is 0.243. The standard InChI is InChI=1S/C20H19FN5O2/c1-5-12(3)28-18-9-15-14(8-13(18)21)24-26(25-15)17-7-11(2)6-16-20(17)22-10-19(23-16)27-4/h5-10,12H,1-4H3/t12-/m0/s1. The maximum absolute atomic E-state index is 14.4. The molecule has 4 rings (SSSR count). The van der Waals surface area contributed by atoms with Gasteiger partial charge in [-0.05, 0) is 38.0 Å². The van der Waals surface area contributed by atoms with E-state index in [9.17, 15) is 4.39 Å². The number of benzene rings is 2. The molecule has 0 saturated heterocycles. The highest BCUT2D eigenvalue weighted by Crippen LogP contribution is 2.27. The summed E-state index contributed by atoms with van der Waals surface area (Å²) in [5.74, 6) is 0.0870. The van der Waals surface area contributed by atoms with Crippen LogP contribution in [-0.4, -0.2) is 38.2 Å². The van der Waals surface area contributed by atoms with Crippen molar-refractivity contribution in [2.75, 3.05) is 7.11 Å². The van der Waals surface area contributed by atoms with Crippen molar-refractivity contribution in [1.82, 2.24) is 25.0 Å². The maximum atomic E-state index is 14.4. The quantitative estimate of drug-likeness (QED) is 0.524. The number of nitrogens with zero attached hydrogens (tertiary/aromatic N) is 5. The van der Waals surface area contributed by atoms with Crippen LogP contribution in [0.2, 0.25) is 0 Å². The first-order valence-corrected chi connectivity index (χ1v) is 8.83. The summed E-state index contributed by atoms with van der Waals surface area (Å²) in [6.07, 6.45) is 3.17. The van der Waals surface area contributed by atoms with Crippen LogP contribution in [0, 0.1) is 19.2 Å². The first-order chi connectivity index (χ1) is 13.5. The summed E-state index contributed by atoms with van der Waals surface area (Å²) < 4.78 is 25.1. The number of aryl methyl sites for hydroxylation is 1. The number of methoxy groups -OCH3 is 1. The highest BCUT2D eigenvalue weighted by molar-refractivity contribution is 5.85. The lowest BCUT2D eigenvalue weighted by Gasteiger charge is -2.12. The van der Waals surface area contributed by atoms with Gasteiger partial charge < -0.3 is 9.47 Å². The molecule has 0 aliphatic heterocycles. The number of halogens is 1. The molecule has 1 radical (unpaired) electrons. The topological polar surface area (TPSA) is 75.0 Å². The van der Waals surface area contributed by atoms with E-state index in [4.69, 9.17) is 9.47 Å². The largest absolute Gasteiger partial charge is 0.487 e. The zero-order valence-electron chi connectivity index (χ0n) is 16.0. The summed E-state index contributed by atoms with van der Waals surface area (Å²) in [5, 5.41) is 8.92. The summed E-state index contributed by atoms with van der Waals surface area (Å²) >= 11 is 0. The van der Waals surface area contributed by atoms with Gasteiger partial charge in [-0.25, -0.2) is 14.4 Å². The van der Waals surface area contributed by atoms with Crippen LogP contribution < -0.4 is 9.47 Å². The zero-order valence-corrected chi connectivity index (χ0v) is 16.0. The van der Waals surface area contributed by atoms with Gasteiger partial charge in [0.15, 0.2) is 11.6 Å². The van der Waals surface area contributed by atoms with E-state index in [1.807, 2.05) is 39.3 Å².